The van der Waals surface area contributed by atoms with Crippen LogP contribution in [0.2, 0.25) is 10.0 Å². The summed E-state index contributed by atoms with van der Waals surface area (Å²) < 4.78 is 39.4. The number of hydrogen-bond donors (Lipinski definition) is 2. The smallest absolute Gasteiger partial charge is 0.264 e. The molecule has 0 aliphatic carbocycles. The van der Waals surface area contributed by atoms with Crippen molar-refractivity contribution >= 4 is 62.6 Å². The molecule has 0 aliphatic rings. The van der Waals surface area contributed by atoms with Crippen molar-refractivity contribution in [1.82, 2.24) is 5.43 Å². The topological polar surface area (TPSA) is 126 Å². The number of nitrogens with zero attached hydrogens (tertiary/aromatic N) is 2. The van der Waals surface area contributed by atoms with E-state index in [0.29, 0.717) is 39.4 Å². The number of halogens is 2. The third-order valence-corrected chi connectivity index (χ3v) is 8.28. The van der Waals surface area contributed by atoms with E-state index in [0.717, 1.165) is 4.31 Å². The minimum atomic E-state index is -4.19. The monoisotopic (exact) mass is 654 g/mol. The molecule has 4 aromatic carbocycles. The number of anilines is 2. The molecular weight excluding hydrogens is 627 g/mol. The second-order valence-corrected chi connectivity index (χ2v) is 11.8. The molecule has 0 aromatic heterocycles. The molecule has 0 bridgehead atoms. The first-order valence-electron chi connectivity index (χ1n) is 13.3. The maximum atomic E-state index is 13.6. The maximum Gasteiger partial charge on any atom is 0.264 e. The molecular formula is C31H28Cl2N4O6S. The number of hydrazone groups is 1. The molecule has 0 radical (unpaired) electrons. The molecule has 0 aliphatic heterocycles. The SMILES string of the molecule is CCOc1ccccc1N(CC(=O)N/N=C\c1ccc(OCC(=O)Nc2ccccc2Cl)cc1)S(=O)(=O)c1ccc(Cl)cc1. The number of carbonyl (C=O) groups is 2. The summed E-state index contributed by atoms with van der Waals surface area (Å²) in [6.07, 6.45) is 1.39. The predicted octanol–water partition coefficient (Wildman–Crippen LogP) is 5.76. The van der Waals surface area contributed by atoms with Gasteiger partial charge in [-0.15, -0.1) is 0 Å². The molecule has 228 valence electrons. The lowest BCUT2D eigenvalue weighted by molar-refractivity contribution is -0.119. The molecule has 4 rings (SSSR count). The lowest BCUT2D eigenvalue weighted by Crippen LogP contribution is -2.39. The molecule has 10 nitrogen and oxygen atoms in total. The third kappa shape index (κ3) is 8.73. The van der Waals surface area contributed by atoms with Gasteiger partial charge in [0.1, 0.15) is 18.0 Å². The number of nitrogens with one attached hydrogen (secondary N) is 2. The lowest BCUT2D eigenvalue weighted by Gasteiger charge is -2.25. The molecule has 0 heterocycles. The molecule has 2 amide bonds. The van der Waals surface area contributed by atoms with Crippen LogP contribution in [-0.4, -0.2) is 46.2 Å². The standard InChI is InChI=1S/C31H28Cl2N4O6S/c1-2-42-29-10-6-5-9-28(29)37(44(40,41)25-17-13-23(32)14-18-25)20-30(38)36-34-19-22-11-15-24(16-12-22)43-21-31(39)35-27-8-4-3-7-26(27)33/h3-19H,2,20-21H2,1H3,(H,35,39)(H,36,38)/b34-19-. The highest BCUT2D eigenvalue weighted by Crippen LogP contribution is 2.32. The molecule has 2 N–H and O–H groups in total. The van der Waals surface area contributed by atoms with E-state index in [-0.39, 0.29) is 23.1 Å². The van der Waals surface area contributed by atoms with Crippen molar-refractivity contribution in [1.29, 1.82) is 0 Å². The Morgan fingerprint density at radius 3 is 2.25 bits per heavy atom. The number of amides is 2. The summed E-state index contributed by atoms with van der Waals surface area (Å²) in [6.45, 7) is 1.27. The number of hydrogen-bond acceptors (Lipinski definition) is 7. The van der Waals surface area contributed by atoms with E-state index in [9.17, 15) is 18.0 Å². The molecule has 4 aromatic rings. The van der Waals surface area contributed by atoms with Crippen molar-refractivity contribution in [3.05, 3.63) is 113 Å². The van der Waals surface area contributed by atoms with E-state index in [1.807, 2.05) is 0 Å². The van der Waals surface area contributed by atoms with Crippen LogP contribution in [0.1, 0.15) is 12.5 Å². The molecule has 0 fully saturated rings. The maximum absolute atomic E-state index is 13.6. The second-order valence-electron chi connectivity index (χ2n) is 9.05. The largest absolute Gasteiger partial charge is 0.492 e. The summed E-state index contributed by atoms with van der Waals surface area (Å²) in [5, 5.41) is 7.42. The van der Waals surface area contributed by atoms with Crippen molar-refractivity contribution in [2.75, 3.05) is 29.4 Å². The zero-order valence-electron chi connectivity index (χ0n) is 23.4. The van der Waals surface area contributed by atoms with Gasteiger partial charge in [0, 0.05) is 5.02 Å². The van der Waals surface area contributed by atoms with Gasteiger partial charge in [0.2, 0.25) is 0 Å². The third-order valence-electron chi connectivity index (χ3n) is 5.92. The highest BCUT2D eigenvalue weighted by Gasteiger charge is 2.29. The van der Waals surface area contributed by atoms with Gasteiger partial charge in [-0.1, -0.05) is 47.5 Å². The Hall–Kier alpha value is -4.58. The van der Waals surface area contributed by atoms with Gasteiger partial charge < -0.3 is 14.8 Å². The van der Waals surface area contributed by atoms with E-state index in [2.05, 4.69) is 15.8 Å². The van der Waals surface area contributed by atoms with Crippen LogP contribution in [0.25, 0.3) is 0 Å². The van der Waals surface area contributed by atoms with Crippen molar-refractivity contribution in [2.24, 2.45) is 5.10 Å². The highest BCUT2D eigenvalue weighted by molar-refractivity contribution is 7.92. The van der Waals surface area contributed by atoms with Crippen LogP contribution >= 0.6 is 23.2 Å². The van der Waals surface area contributed by atoms with Gasteiger partial charge in [0.25, 0.3) is 21.8 Å². The van der Waals surface area contributed by atoms with Gasteiger partial charge in [-0.25, -0.2) is 13.8 Å². The van der Waals surface area contributed by atoms with Gasteiger partial charge in [-0.05, 0) is 85.3 Å². The summed E-state index contributed by atoms with van der Waals surface area (Å²) in [5.74, 6) is -0.318. The predicted molar refractivity (Wildman–Crippen MR) is 171 cm³/mol. The molecule has 44 heavy (non-hydrogen) atoms. The number of ether oxygens (including phenoxy) is 2. The van der Waals surface area contributed by atoms with Gasteiger partial charge in [0.05, 0.1) is 34.1 Å². The molecule has 0 saturated carbocycles. The molecule has 0 atom stereocenters. The van der Waals surface area contributed by atoms with Crippen LogP contribution in [0.4, 0.5) is 11.4 Å². The normalized spacial score (nSPS) is 11.2. The van der Waals surface area contributed by atoms with Crippen molar-refractivity contribution in [3.8, 4) is 11.5 Å². The number of benzene rings is 4. The fraction of sp³-hybridized carbons (Fsp3) is 0.129. The van der Waals surface area contributed by atoms with Gasteiger partial charge in [0.15, 0.2) is 6.61 Å². The minimum Gasteiger partial charge on any atom is -0.492 e. The van der Waals surface area contributed by atoms with Crippen molar-refractivity contribution < 1.29 is 27.5 Å². The summed E-state index contributed by atoms with van der Waals surface area (Å²) >= 11 is 12.0. The van der Waals surface area contributed by atoms with E-state index in [1.165, 1.54) is 30.5 Å². The van der Waals surface area contributed by atoms with Crippen LogP contribution in [-0.2, 0) is 19.6 Å². The summed E-state index contributed by atoms with van der Waals surface area (Å²) in [4.78, 5) is 25.0. The van der Waals surface area contributed by atoms with Crippen LogP contribution in [0.3, 0.4) is 0 Å². The minimum absolute atomic E-state index is 0.0480. The lowest BCUT2D eigenvalue weighted by atomic mass is 10.2. The van der Waals surface area contributed by atoms with Crippen LogP contribution in [0.5, 0.6) is 11.5 Å². The second kappa shape index (κ2) is 15.2. The fourth-order valence-corrected chi connectivity index (χ4v) is 5.61. The van der Waals surface area contributed by atoms with E-state index >= 15 is 0 Å². The average Bonchev–Trinajstić information content (AvgIpc) is 3.01. The first kappa shape index (κ1) is 32.3. The molecule has 0 unspecified atom stereocenters. The van der Waals surface area contributed by atoms with Crippen LogP contribution in [0.15, 0.2) is 107 Å². The number of sulfonamides is 1. The summed E-state index contributed by atoms with van der Waals surface area (Å²) in [6, 6.07) is 25.7. The zero-order chi connectivity index (χ0) is 31.5. The summed E-state index contributed by atoms with van der Waals surface area (Å²) in [7, 11) is -4.19. The highest BCUT2D eigenvalue weighted by atomic mass is 35.5. The molecule has 13 heteroatoms. The van der Waals surface area contributed by atoms with E-state index in [4.69, 9.17) is 32.7 Å². The Balaban J connectivity index is 1.39. The Kier molecular flexibility index (Phi) is 11.2. The first-order valence-corrected chi connectivity index (χ1v) is 15.5. The van der Waals surface area contributed by atoms with Crippen molar-refractivity contribution in [2.45, 2.75) is 11.8 Å². The Morgan fingerprint density at radius 2 is 1.55 bits per heavy atom. The van der Waals surface area contributed by atoms with Crippen LogP contribution in [0, 0.1) is 0 Å². The number of para-hydroxylation sites is 3. The summed E-state index contributed by atoms with van der Waals surface area (Å²) in [5.41, 5.74) is 3.66. The van der Waals surface area contributed by atoms with Crippen molar-refractivity contribution in [3.63, 3.8) is 0 Å². The Bertz CT molecular complexity index is 1730. The quantitative estimate of drug-likeness (QED) is 0.140. The Morgan fingerprint density at radius 1 is 0.864 bits per heavy atom. The van der Waals surface area contributed by atoms with Crippen LogP contribution < -0.4 is 24.5 Å². The fourth-order valence-electron chi connectivity index (χ4n) is 3.87. The average molecular weight is 656 g/mol. The van der Waals surface area contributed by atoms with Gasteiger partial charge in [-0.3, -0.25) is 13.9 Å². The Labute approximate surface area is 265 Å². The van der Waals surface area contributed by atoms with E-state index < -0.39 is 22.5 Å². The molecule has 0 saturated heterocycles. The molecule has 0 spiro atoms. The van der Waals surface area contributed by atoms with E-state index in [1.54, 1.807) is 79.7 Å². The van der Waals surface area contributed by atoms with Gasteiger partial charge in [-0.2, -0.15) is 5.10 Å². The number of carbonyl (C=O) groups excluding carboxylic acids is 2. The number of rotatable bonds is 13. The van der Waals surface area contributed by atoms with Gasteiger partial charge >= 0.3 is 0 Å². The zero-order valence-corrected chi connectivity index (χ0v) is 25.8. The first-order chi connectivity index (χ1) is 21.2.